The van der Waals surface area contributed by atoms with Crippen molar-refractivity contribution in [2.24, 2.45) is 5.92 Å². The Morgan fingerprint density at radius 1 is 1.21 bits per heavy atom. The van der Waals surface area contributed by atoms with Crippen molar-refractivity contribution in [3.05, 3.63) is 29.3 Å². The molecule has 9 heteroatoms. The second kappa shape index (κ2) is 7.13. The number of alkyl halides is 3. The number of hydrogen-bond acceptors (Lipinski definition) is 5. The van der Waals surface area contributed by atoms with Crippen molar-refractivity contribution in [3.8, 4) is 5.75 Å². The molecule has 29 heavy (non-hydrogen) atoms. The normalized spacial score (nSPS) is 29.2. The first-order valence-corrected chi connectivity index (χ1v) is 11.4. The molecule has 0 N–H and O–H groups in total. The summed E-state index contributed by atoms with van der Waals surface area (Å²) >= 11 is 0. The van der Waals surface area contributed by atoms with E-state index >= 15 is 0 Å². The number of hydrogen-bond donors (Lipinski definition) is 0. The number of fused-ring (bicyclic) bond motifs is 3. The molecule has 2 aliphatic carbocycles. The number of ether oxygens (including phenoxy) is 2. The molecule has 0 unspecified atom stereocenters. The van der Waals surface area contributed by atoms with Gasteiger partial charge < -0.3 is 13.7 Å². The van der Waals surface area contributed by atoms with Crippen molar-refractivity contribution >= 4 is 10.1 Å². The molecule has 2 atom stereocenters. The van der Waals surface area contributed by atoms with Gasteiger partial charge in [0.2, 0.25) is 0 Å². The summed E-state index contributed by atoms with van der Waals surface area (Å²) in [6.45, 7) is 3.35. The molecule has 0 bridgehead atoms. The molecular formula is C20H25F3O5S. The summed E-state index contributed by atoms with van der Waals surface area (Å²) in [5, 5.41) is 0. The fourth-order valence-corrected chi connectivity index (χ4v) is 5.92. The largest absolute Gasteiger partial charge is 0.534 e. The van der Waals surface area contributed by atoms with Gasteiger partial charge in [0.25, 0.3) is 0 Å². The maximum Gasteiger partial charge on any atom is 0.534 e. The lowest BCUT2D eigenvalue weighted by atomic mass is 9.59. The lowest BCUT2D eigenvalue weighted by Gasteiger charge is -2.49. The Morgan fingerprint density at radius 2 is 1.93 bits per heavy atom. The molecule has 1 spiro atoms. The van der Waals surface area contributed by atoms with Gasteiger partial charge in [0.15, 0.2) is 5.79 Å². The highest BCUT2D eigenvalue weighted by Crippen LogP contribution is 2.55. The van der Waals surface area contributed by atoms with Crippen LogP contribution in [0.4, 0.5) is 13.2 Å². The summed E-state index contributed by atoms with van der Waals surface area (Å²) in [7, 11) is -5.68. The van der Waals surface area contributed by atoms with Crippen LogP contribution in [0.1, 0.15) is 56.6 Å². The first-order chi connectivity index (χ1) is 13.6. The van der Waals surface area contributed by atoms with E-state index in [1.165, 1.54) is 12.1 Å². The van der Waals surface area contributed by atoms with Gasteiger partial charge in [0.05, 0.1) is 13.2 Å². The molecule has 1 aromatic rings. The van der Waals surface area contributed by atoms with Crippen molar-refractivity contribution in [3.63, 3.8) is 0 Å². The van der Waals surface area contributed by atoms with Crippen molar-refractivity contribution in [2.45, 2.75) is 68.6 Å². The Kier molecular flexibility index (Phi) is 5.15. The van der Waals surface area contributed by atoms with Gasteiger partial charge >= 0.3 is 15.6 Å². The van der Waals surface area contributed by atoms with E-state index in [1.54, 1.807) is 6.07 Å². The van der Waals surface area contributed by atoms with Crippen LogP contribution in [-0.4, -0.2) is 32.9 Å². The standard InChI is InChI=1S/C20H25F3O5S/c1-2-18-8-9-19(26-10-11-27-19)13-15(18)5-3-4-14-12-16(6-7-17(14)18)28-29(24,25)20(21,22)23/h6-7,12,15H,2-5,8-11,13H2,1H3/t15-,18+/m0/s1. The highest BCUT2D eigenvalue weighted by atomic mass is 32.2. The van der Waals surface area contributed by atoms with E-state index in [-0.39, 0.29) is 11.2 Å². The zero-order valence-corrected chi connectivity index (χ0v) is 17.1. The van der Waals surface area contributed by atoms with E-state index < -0.39 is 21.4 Å². The molecule has 1 saturated carbocycles. The van der Waals surface area contributed by atoms with Gasteiger partial charge in [-0.3, -0.25) is 0 Å². The fraction of sp³-hybridized carbons (Fsp3) is 0.700. The van der Waals surface area contributed by atoms with Gasteiger partial charge in [-0.25, -0.2) is 0 Å². The second-order valence-corrected chi connectivity index (χ2v) is 9.75. The minimum absolute atomic E-state index is 0.117. The molecule has 1 heterocycles. The topological polar surface area (TPSA) is 61.8 Å². The zero-order valence-electron chi connectivity index (χ0n) is 16.3. The number of benzene rings is 1. The number of halogens is 3. The van der Waals surface area contributed by atoms with Crippen LogP contribution in [0.5, 0.6) is 5.75 Å². The van der Waals surface area contributed by atoms with E-state index in [0.717, 1.165) is 49.7 Å². The van der Waals surface area contributed by atoms with Crippen molar-refractivity contribution in [1.82, 2.24) is 0 Å². The van der Waals surface area contributed by atoms with Crippen molar-refractivity contribution in [1.29, 1.82) is 0 Å². The third kappa shape index (κ3) is 3.55. The third-order valence-electron chi connectivity index (χ3n) is 6.84. The van der Waals surface area contributed by atoms with Crippen LogP contribution in [0.2, 0.25) is 0 Å². The molecule has 162 valence electrons. The molecule has 5 nitrogen and oxygen atoms in total. The Hall–Kier alpha value is -1.32. The number of rotatable bonds is 3. The third-order valence-corrected chi connectivity index (χ3v) is 7.82. The fourth-order valence-electron chi connectivity index (χ4n) is 5.47. The monoisotopic (exact) mass is 434 g/mol. The smallest absolute Gasteiger partial charge is 0.376 e. The van der Waals surface area contributed by atoms with Crippen LogP contribution < -0.4 is 4.18 Å². The molecule has 1 aromatic carbocycles. The molecule has 0 aromatic heterocycles. The van der Waals surface area contributed by atoms with Gasteiger partial charge in [-0.15, -0.1) is 0 Å². The SMILES string of the molecule is CC[C@@]12CCC3(C[C@@H]1CCCc1cc(OS(=O)(=O)C(F)(F)F)ccc12)OCCO3. The summed E-state index contributed by atoms with van der Waals surface area (Å²) in [6.07, 6.45) is 5.84. The average Bonchev–Trinajstić information content (AvgIpc) is 3.03. The molecule has 0 amide bonds. The predicted octanol–water partition coefficient (Wildman–Crippen LogP) is 4.44. The zero-order chi connectivity index (χ0) is 20.9. The Balaban J connectivity index is 1.67. The van der Waals surface area contributed by atoms with E-state index in [0.29, 0.717) is 25.6 Å². The molecule has 0 radical (unpaired) electrons. The van der Waals surface area contributed by atoms with Crippen LogP contribution in [0, 0.1) is 5.92 Å². The summed E-state index contributed by atoms with van der Waals surface area (Å²) in [6, 6.07) is 4.56. The molecule has 3 aliphatic rings. The predicted molar refractivity (Wildman–Crippen MR) is 98.9 cm³/mol. The van der Waals surface area contributed by atoms with Crippen LogP contribution in [-0.2, 0) is 31.4 Å². The van der Waals surface area contributed by atoms with Gasteiger partial charge in [-0.1, -0.05) is 13.0 Å². The summed E-state index contributed by atoms with van der Waals surface area (Å²) < 4.78 is 77.0. The Bertz CT molecular complexity index is 877. The highest BCUT2D eigenvalue weighted by molar-refractivity contribution is 7.88. The van der Waals surface area contributed by atoms with E-state index in [2.05, 4.69) is 11.1 Å². The summed E-state index contributed by atoms with van der Waals surface area (Å²) in [4.78, 5) is 0. The van der Waals surface area contributed by atoms with Gasteiger partial charge in [0.1, 0.15) is 5.75 Å². The average molecular weight is 434 g/mol. The number of aryl methyl sites for hydroxylation is 1. The molecule has 1 aliphatic heterocycles. The Morgan fingerprint density at radius 3 is 2.59 bits per heavy atom. The van der Waals surface area contributed by atoms with Crippen molar-refractivity contribution in [2.75, 3.05) is 13.2 Å². The lowest BCUT2D eigenvalue weighted by Crippen LogP contribution is -2.48. The quantitative estimate of drug-likeness (QED) is 0.520. The Labute approximate surface area is 168 Å². The first kappa shape index (κ1) is 20.9. The first-order valence-electron chi connectivity index (χ1n) is 10.0. The maximum absolute atomic E-state index is 12.7. The minimum atomic E-state index is -5.68. The van der Waals surface area contributed by atoms with E-state index in [1.807, 2.05) is 0 Å². The van der Waals surface area contributed by atoms with Gasteiger partial charge in [-0.05, 0) is 66.7 Å². The summed E-state index contributed by atoms with van der Waals surface area (Å²) in [5.74, 6) is -0.454. The molecule has 1 saturated heterocycles. The van der Waals surface area contributed by atoms with Gasteiger partial charge in [-0.2, -0.15) is 21.6 Å². The lowest BCUT2D eigenvalue weighted by molar-refractivity contribution is -0.199. The molecule has 4 rings (SSSR count). The van der Waals surface area contributed by atoms with Crippen LogP contribution in [0.15, 0.2) is 18.2 Å². The maximum atomic E-state index is 12.7. The van der Waals surface area contributed by atoms with Crippen LogP contribution >= 0.6 is 0 Å². The summed E-state index contributed by atoms with van der Waals surface area (Å²) in [5.41, 5.74) is -3.61. The van der Waals surface area contributed by atoms with Crippen LogP contribution in [0.3, 0.4) is 0 Å². The minimum Gasteiger partial charge on any atom is -0.376 e. The molecule has 2 fully saturated rings. The second-order valence-electron chi connectivity index (χ2n) is 8.21. The van der Waals surface area contributed by atoms with Crippen molar-refractivity contribution < 1.29 is 35.2 Å². The van der Waals surface area contributed by atoms with Crippen LogP contribution in [0.25, 0.3) is 0 Å². The van der Waals surface area contributed by atoms with Gasteiger partial charge in [0, 0.05) is 12.8 Å². The highest BCUT2D eigenvalue weighted by Gasteiger charge is 2.53. The molecular weight excluding hydrogens is 409 g/mol. The van der Waals surface area contributed by atoms with E-state index in [9.17, 15) is 21.6 Å². The van der Waals surface area contributed by atoms with E-state index in [4.69, 9.17) is 9.47 Å².